The van der Waals surface area contributed by atoms with Crippen LogP contribution in [0.1, 0.15) is 62.5 Å². The molecule has 4 bridgehead atoms. The van der Waals surface area contributed by atoms with Crippen molar-refractivity contribution in [2.45, 2.75) is 74.6 Å². The normalized spacial score (nSPS) is 31.9. The van der Waals surface area contributed by atoms with E-state index in [-0.39, 0.29) is 27.7 Å². The lowest BCUT2D eigenvalue weighted by Crippen LogP contribution is -2.59. The molecule has 2 aromatic carbocycles. The molecule has 5 aliphatic carbocycles. The minimum absolute atomic E-state index is 0.0742. The van der Waals surface area contributed by atoms with Gasteiger partial charge in [-0.25, -0.2) is 13.1 Å². The summed E-state index contributed by atoms with van der Waals surface area (Å²) in [6.07, 6.45) is 8.29. The Morgan fingerprint density at radius 2 is 1.56 bits per heavy atom. The van der Waals surface area contributed by atoms with Crippen LogP contribution in [0.15, 0.2) is 53.4 Å². The van der Waals surface area contributed by atoms with Gasteiger partial charge in [0.1, 0.15) is 0 Å². The van der Waals surface area contributed by atoms with Gasteiger partial charge in [-0.3, -0.25) is 15.6 Å². The van der Waals surface area contributed by atoms with Crippen molar-refractivity contribution in [3.8, 4) is 0 Å². The van der Waals surface area contributed by atoms with Crippen LogP contribution in [-0.2, 0) is 20.2 Å². The van der Waals surface area contributed by atoms with Crippen molar-refractivity contribution in [2.24, 2.45) is 17.3 Å². The van der Waals surface area contributed by atoms with Crippen LogP contribution in [-0.4, -0.2) is 20.4 Å². The molecule has 6 nitrogen and oxygen atoms in total. The molecule has 3 N–H and O–H groups in total. The first kappa shape index (κ1) is 22.1. The van der Waals surface area contributed by atoms with Gasteiger partial charge in [0.05, 0.1) is 16.0 Å². The summed E-state index contributed by atoms with van der Waals surface area (Å²) in [7, 11) is -3.48. The standard InChI is InChI=1S/C27H33N3O3S/c1-18-2-4-21(5-3-18)26-13-19-12-20(14-26)16-27(15-19,17-26)25(31)29-28-22-8-10-24(11-9-22)34(32,33)30-23-6-7-23/h2-5,8-11,19-20,23,28,30H,6-7,12-17H2,1H3,(H,29,31). The van der Waals surface area contributed by atoms with Crippen molar-refractivity contribution >= 4 is 21.6 Å². The number of aryl methyl sites for hydroxylation is 1. The highest BCUT2D eigenvalue weighted by atomic mass is 32.2. The maximum absolute atomic E-state index is 13.6. The molecule has 1 amide bonds. The van der Waals surface area contributed by atoms with Gasteiger partial charge in [0.15, 0.2) is 0 Å². The number of anilines is 1. The monoisotopic (exact) mass is 479 g/mol. The average Bonchev–Trinajstić information content (AvgIpc) is 3.60. The van der Waals surface area contributed by atoms with Crippen LogP contribution in [0.25, 0.3) is 0 Å². The van der Waals surface area contributed by atoms with Gasteiger partial charge in [0.2, 0.25) is 15.9 Å². The van der Waals surface area contributed by atoms with Crippen LogP contribution in [0.3, 0.4) is 0 Å². The molecular formula is C27H33N3O3S. The third-order valence-electron chi connectivity index (χ3n) is 8.59. The highest BCUT2D eigenvalue weighted by Gasteiger charge is 2.61. The second-order valence-electron chi connectivity index (χ2n) is 11.4. The number of amides is 1. The molecule has 0 saturated heterocycles. The van der Waals surface area contributed by atoms with Crippen LogP contribution < -0.4 is 15.6 Å². The fourth-order valence-electron chi connectivity index (χ4n) is 7.24. The van der Waals surface area contributed by atoms with Crippen molar-refractivity contribution in [3.63, 3.8) is 0 Å². The summed E-state index contributed by atoms with van der Waals surface area (Å²) in [5.41, 5.74) is 9.15. The molecule has 0 radical (unpaired) electrons. The third kappa shape index (κ3) is 3.93. The molecule has 2 atom stereocenters. The number of hydrazine groups is 1. The van der Waals surface area contributed by atoms with Crippen LogP contribution in [0.4, 0.5) is 5.69 Å². The zero-order chi connectivity index (χ0) is 23.6. The molecule has 5 fully saturated rings. The predicted octanol–water partition coefficient (Wildman–Crippen LogP) is 4.42. The van der Waals surface area contributed by atoms with Crippen LogP contribution in [0.2, 0.25) is 0 Å². The Hall–Kier alpha value is -2.38. The maximum Gasteiger partial charge on any atom is 0.244 e. The first-order valence-electron chi connectivity index (χ1n) is 12.5. The Labute approximate surface area is 201 Å². The van der Waals surface area contributed by atoms with E-state index in [1.54, 1.807) is 24.3 Å². The van der Waals surface area contributed by atoms with E-state index in [1.807, 2.05) is 0 Å². The number of nitrogens with one attached hydrogen (secondary N) is 3. The minimum Gasteiger partial charge on any atom is -0.299 e. The van der Waals surface area contributed by atoms with E-state index in [9.17, 15) is 13.2 Å². The fraction of sp³-hybridized carbons (Fsp3) is 0.519. The van der Waals surface area contributed by atoms with E-state index in [4.69, 9.17) is 0 Å². The Balaban J connectivity index is 1.16. The average molecular weight is 480 g/mol. The van der Waals surface area contributed by atoms with Crippen molar-refractivity contribution in [3.05, 3.63) is 59.7 Å². The highest BCUT2D eigenvalue weighted by molar-refractivity contribution is 7.89. The zero-order valence-corrected chi connectivity index (χ0v) is 20.5. The van der Waals surface area contributed by atoms with Gasteiger partial charge < -0.3 is 0 Å². The van der Waals surface area contributed by atoms with Gasteiger partial charge in [-0.15, -0.1) is 0 Å². The van der Waals surface area contributed by atoms with Crippen molar-refractivity contribution in [2.75, 3.05) is 5.43 Å². The van der Waals surface area contributed by atoms with Crippen molar-refractivity contribution in [1.29, 1.82) is 0 Å². The molecule has 5 saturated carbocycles. The highest BCUT2D eigenvalue weighted by Crippen LogP contribution is 2.65. The van der Waals surface area contributed by atoms with E-state index < -0.39 is 10.0 Å². The van der Waals surface area contributed by atoms with Gasteiger partial charge in [0.25, 0.3) is 0 Å². The quantitative estimate of drug-likeness (QED) is 0.513. The molecule has 2 unspecified atom stereocenters. The molecular weight excluding hydrogens is 446 g/mol. The second kappa shape index (κ2) is 7.82. The Kier molecular flexibility index (Phi) is 5.08. The molecule has 0 aliphatic heterocycles. The van der Waals surface area contributed by atoms with E-state index in [2.05, 4.69) is 46.8 Å². The number of hydrogen-bond acceptors (Lipinski definition) is 4. The largest absolute Gasteiger partial charge is 0.299 e. The Morgan fingerprint density at radius 1 is 0.912 bits per heavy atom. The molecule has 7 heteroatoms. The number of benzene rings is 2. The molecule has 0 aromatic heterocycles. The molecule has 0 heterocycles. The fourth-order valence-corrected chi connectivity index (χ4v) is 8.55. The lowest BCUT2D eigenvalue weighted by molar-refractivity contribution is -0.148. The summed E-state index contributed by atoms with van der Waals surface area (Å²) in [5, 5.41) is 0. The lowest BCUT2D eigenvalue weighted by Gasteiger charge is -2.61. The molecule has 7 rings (SSSR count). The number of carbonyl (C=O) groups excluding carboxylic acids is 1. The van der Waals surface area contributed by atoms with Crippen LogP contribution in [0, 0.1) is 24.2 Å². The maximum atomic E-state index is 13.6. The molecule has 5 aliphatic rings. The smallest absolute Gasteiger partial charge is 0.244 e. The van der Waals surface area contributed by atoms with Crippen molar-refractivity contribution in [1.82, 2.24) is 10.1 Å². The Bertz CT molecular complexity index is 1190. The number of rotatable bonds is 7. The van der Waals surface area contributed by atoms with Gasteiger partial charge in [0, 0.05) is 6.04 Å². The summed E-state index contributed by atoms with van der Waals surface area (Å²) >= 11 is 0. The van der Waals surface area contributed by atoms with Gasteiger partial charge in [-0.05, 0) is 105 Å². The summed E-state index contributed by atoms with van der Waals surface area (Å²) in [5.74, 6) is 1.29. The van der Waals surface area contributed by atoms with E-state index in [1.165, 1.54) is 30.4 Å². The van der Waals surface area contributed by atoms with Crippen molar-refractivity contribution < 1.29 is 13.2 Å². The predicted molar refractivity (Wildman–Crippen MR) is 132 cm³/mol. The van der Waals surface area contributed by atoms with Crippen LogP contribution in [0.5, 0.6) is 0 Å². The summed E-state index contributed by atoms with van der Waals surface area (Å²) in [6.45, 7) is 2.12. The third-order valence-corrected chi connectivity index (χ3v) is 10.1. The van der Waals surface area contributed by atoms with E-state index in [0.29, 0.717) is 17.5 Å². The first-order valence-corrected chi connectivity index (χ1v) is 14.0. The summed E-state index contributed by atoms with van der Waals surface area (Å²) in [6, 6.07) is 15.6. The molecule has 2 aromatic rings. The van der Waals surface area contributed by atoms with Crippen LogP contribution >= 0.6 is 0 Å². The molecule has 180 valence electrons. The summed E-state index contributed by atoms with van der Waals surface area (Å²) < 4.78 is 27.5. The number of sulfonamides is 1. The van der Waals surface area contributed by atoms with Gasteiger partial charge >= 0.3 is 0 Å². The lowest BCUT2D eigenvalue weighted by atomic mass is 9.42. The van der Waals surface area contributed by atoms with Gasteiger partial charge in [-0.2, -0.15) is 0 Å². The SMILES string of the molecule is Cc1ccc(C23CC4CC(CC(C(=O)NNc5ccc(S(=O)(=O)NC6CC6)cc5)(C4)C2)C3)cc1. The summed E-state index contributed by atoms with van der Waals surface area (Å²) in [4.78, 5) is 13.8. The molecule has 34 heavy (non-hydrogen) atoms. The van der Waals surface area contributed by atoms with E-state index >= 15 is 0 Å². The number of carbonyl (C=O) groups is 1. The second-order valence-corrected chi connectivity index (χ2v) is 13.1. The van der Waals surface area contributed by atoms with E-state index in [0.717, 1.165) is 32.1 Å². The zero-order valence-electron chi connectivity index (χ0n) is 19.6. The number of hydrogen-bond donors (Lipinski definition) is 3. The van der Waals surface area contributed by atoms with Gasteiger partial charge in [-0.1, -0.05) is 29.8 Å². The first-order chi connectivity index (χ1) is 16.3. The Morgan fingerprint density at radius 3 is 2.18 bits per heavy atom. The topological polar surface area (TPSA) is 87.3 Å². The molecule has 0 spiro atoms. The minimum atomic E-state index is -3.48.